The number of anilines is 1. The average Bonchev–Trinajstić information content (AvgIpc) is 2.64. The summed E-state index contributed by atoms with van der Waals surface area (Å²) in [6.45, 7) is 11.2. The molecule has 1 rings (SSSR count). The number of hydrogen-bond donors (Lipinski definition) is 2. The summed E-state index contributed by atoms with van der Waals surface area (Å²) in [4.78, 5) is 24.9. The van der Waals surface area contributed by atoms with Gasteiger partial charge in [-0.15, -0.1) is 0 Å². The monoisotopic (exact) mass is 420 g/mol. The third-order valence-corrected chi connectivity index (χ3v) is 4.57. The van der Waals surface area contributed by atoms with Gasteiger partial charge in [-0.3, -0.25) is 4.99 Å². The molecule has 0 aliphatic heterocycles. The van der Waals surface area contributed by atoms with Crippen molar-refractivity contribution >= 4 is 17.9 Å². The Morgan fingerprint density at radius 3 is 2.47 bits per heavy atom. The third kappa shape index (κ3) is 9.33. The predicted molar refractivity (Wildman–Crippen MR) is 124 cm³/mol. The normalized spacial score (nSPS) is 13.1. The van der Waals surface area contributed by atoms with Crippen molar-refractivity contribution in [2.24, 2.45) is 10.9 Å². The van der Waals surface area contributed by atoms with Crippen molar-refractivity contribution in [2.75, 3.05) is 39.6 Å². The quantitative estimate of drug-likeness (QED) is 0.497. The van der Waals surface area contributed by atoms with Gasteiger partial charge in [0.1, 0.15) is 11.4 Å². The summed E-state index contributed by atoms with van der Waals surface area (Å²) < 4.78 is 5.40. The van der Waals surface area contributed by atoms with E-state index in [-0.39, 0.29) is 12.1 Å². The van der Waals surface area contributed by atoms with E-state index in [1.54, 1.807) is 7.05 Å². The number of pyridine rings is 1. The Bertz CT molecular complexity index is 697. The van der Waals surface area contributed by atoms with E-state index >= 15 is 0 Å². The number of carbonyl (C=O) groups excluding carboxylic acids is 1. The number of ether oxygens (including phenoxy) is 1. The average molecular weight is 421 g/mol. The predicted octanol–water partition coefficient (Wildman–Crippen LogP) is 3.09. The molecule has 1 unspecified atom stereocenters. The van der Waals surface area contributed by atoms with Gasteiger partial charge in [-0.05, 0) is 50.8 Å². The van der Waals surface area contributed by atoms with Crippen molar-refractivity contribution in [2.45, 2.75) is 59.2 Å². The van der Waals surface area contributed by atoms with Crippen LogP contribution in [0.5, 0.6) is 0 Å². The van der Waals surface area contributed by atoms with E-state index < -0.39 is 5.60 Å². The number of alkyl carbamates (subject to hydrolysis) is 1. The molecule has 170 valence electrons. The topological polar surface area (TPSA) is 82.1 Å². The molecule has 0 saturated heterocycles. The van der Waals surface area contributed by atoms with E-state index in [0.29, 0.717) is 12.5 Å². The molecule has 1 amide bonds. The SMILES string of the molecule is CN=C(NCc1ccnc(N(C)C)c1)N(C)CCC(NC(=O)OC(C)(C)C)C(C)C. The molecule has 0 radical (unpaired) electrons. The van der Waals surface area contributed by atoms with Gasteiger partial charge in [-0.2, -0.15) is 0 Å². The van der Waals surface area contributed by atoms with Crippen molar-refractivity contribution in [3.8, 4) is 0 Å². The van der Waals surface area contributed by atoms with Gasteiger partial charge in [0, 0.05) is 53.5 Å². The summed E-state index contributed by atoms with van der Waals surface area (Å²) in [6.07, 6.45) is 2.23. The van der Waals surface area contributed by atoms with E-state index in [4.69, 9.17) is 4.74 Å². The van der Waals surface area contributed by atoms with E-state index in [2.05, 4.69) is 45.4 Å². The number of hydrogen-bond acceptors (Lipinski definition) is 5. The van der Waals surface area contributed by atoms with Gasteiger partial charge in [-0.25, -0.2) is 9.78 Å². The van der Waals surface area contributed by atoms with E-state index in [1.165, 1.54) is 0 Å². The Kier molecular flexibility index (Phi) is 9.89. The van der Waals surface area contributed by atoms with Crippen LogP contribution in [0.4, 0.5) is 10.6 Å². The smallest absolute Gasteiger partial charge is 0.407 e. The fourth-order valence-electron chi connectivity index (χ4n) is 2.85. The van der Waals surface area contributed by atoms with Crippen molar-refractivity contribution in [1.29, 1.82) is 0 Å². The molecule has 0 saturated carbocycles. The van der Waals surface area contributed by atoms with E-state index in [9.17, 15) is 4.79 Å². The number of rotatable bonds is 8. The number of guanidine groups is 1. The number of aliphatic imine (C=N–C) groups is 1. The second kappa shape index (κ2) is 11.6. The fourth-order valence-corrected chi connectivity index (χ4v) is 2.85. The summed E-state index contributed by atoms with van der Waals surface area (Å²) in [5.74, 6) is 2.02. The molecule has 8 heteroatoms. The second-order valence-electron chi connectivity index (χ2n) is 9.02. The van der Waals surface area contributed by atoms with Crippen LogP contribution < -0.4 is 15.5 Å². The minimum atomic E-state index is -0.506. The van der Waals surface area contributed by atoms with Crippen molar-refractivity contribution in [3.05, 3.63) is 23.9 Å². The van der Waals surface area contributed by atoms with E-state index in [1.807, 2.05) is 59.1 Å². The first-order valence-corrected chi connectivity index (χ1v) is 10.5. The molecule has 1 heterocycles. The van der Waals surface area contributed by atoms with Gasteiger partial charge in [0.25, 0.3) is 0 Å². The molecule has 0 bridgehead atoms. The highest BCUT2D eigenvalue weighted by Crippen LogP contribution is 2.12. The number of aromatic nitrogens is 1. The van der Waals surface area contributed by atoms with E-state index in [0.717, 1.165) is 30.3 Å². The second-order valence-corrected chi connectivity index (χ2v) is 9.02. The lowest BCUT2D eigenvalue weighted by Gasteiger charge is -2.28. The fraction of sp³-hybridized carbons (Fsp3) is 0.682. The van der Waals surface area contributed by atoms with Gasteiger partial charge in [-0.1, -0.05) is 13.8 Å². The van der Waals surface area contributed by atoms with Gasteiger partial charge in [0.15, 0.2) is 5.96 Å². The number of amides is 1. The van der Waals surface area contributed by atoms with Crippen LogP contribution in [0.3, 0.4) is 0 Å². The number of nitrogens with one attached hydrogen (secondary N) is 2. The maximum Gasteiger partial charge on any atom is 0.407 e. The Hall–Kier alpha value is -2.51. The van der Waals surface area contributed by atoms with Crippen LogP contribution in [-0.2, 0) is 11.3 Å². The first-order chi connectivity index (χ1) is 13.9. The maximum atomic E-state index is 12.2. The van der Waals surface area contributed by atoms with Crippen molar-refractivity contribution in [1.82, 2.24) is 20.5 Å². The van der Waals surface area contributed by atoms with Crippen LogP contribution >= 0.6 is 0 Å². The molecule has 30 heavy (non-hydrogen) atoms. The zero-order valence-corrected chi connectivity index (χ0v) is 20.1. The number of carbonyl (C=O) groups is 1. The first kappa shape index (κ1) is 25.5. The highest BCUT2D eigenvalue weighted by molar-refractivity contribution is 5.79. The zero-order chi connectivity index (χ0) is 22.9. The molecular formula is C22H40N6O2. The van der Waals surface area contributed by atoms with Crippen molar-refractivity contribution in [3.63, 3.8) is 0 Å². The molecule has 0 aliphatic carbocycles. The van der Waals surface area contributed by atoms with Crippen LogP contribution in [0, 0.1) is 5.92 Å². The van der Waals surface area contributed by atoms with Gasteiger partial charge >= 0.3 is 6.09 Å². The Labute approximate surface area is 182 Å². The largest absolute Gasteiger partial charge is 0.444 e. The van der Waals surface area contributed by atoms with Gasteiger partial charge in [0.05, 0.1) is 0 Å². The first-order valence-electron chi connectivity index (χ1n) is 10.5. The Balaban J connectivity index is 2.61. The molecule has 2 N–H and O–H groups in total. The van der Waals surface area contributed by atoms with Crippen LogP contribution in [0.25, 0.3) is 0 Å². The maximum absolute atomic E-state index is 12.2. The van der Waals surface area contributed by atoms with Crippen LogP contribution in [0.15, 0.2) is 23.3 Å². The van der Waals surface area contributed by atoms with Gasteiger partial charge in [0.2, 0.25) is 0 Å². The minimum absolute atomic E-state index is 0.0169. The Morgan fingerprint density at radius 2 is 1.93 bits per heavy atom. The molecule has 1 aromatic rings. The standard InChI is InChI=1S/C22H40N6O2/c1-16(2)18(26-21(29)30-22(3,4)5)11-13-28(9)20(23-6)25-15-17-10-12-24-19(14-17)27(7)8/h10,12,14,16,18H,11,13,15H2,1-9H3,(H,23,25)(H,26,29). The van der Waals surface area contributed by atoms with Crippen LogP contribution in [0.2, 0.25) is 0 Å². The molecule has 1 atom stereocenters. The molecule has 1 aromatic heterocycles. The lowest BCUT2D eigenvalue weighted by atomic mass is 10.0. The van der Waals surface area contributed by atoms with Crippen LogP contribution in [-0.4, -0.2) is 68.3 Å². The summed E-state index contributed by atoms with van der Waals surface area (Å²) in [5.41, 5.74) is 0.628. The zero-order valence-electron chi connectivity index (χ0n) is 20.1. The summed E-state index contributed by atoms with van der Waals surface area (Å²) in [5, 5.41) is 6.39. The lowest BCUT2D eigenvalue weighted by molar-refractivity contribution is 0.0486. The molecular weight excluding hydrogens is 380 g/mol. The molecule has 0 spiro atoms. The van der Waals surface area contributed by atoms with Gasteiger partial charge < -0.3 is 25.2 Å². The highest BCUT2D eigenvalue weighted by atomic mass is 16.6. The summed E-state index contributed by atoms with van der Waals surface area (Å²) in [7, 11) is 7.72. The minimum Gasteiger partial charge on any atom is -0.444 e. The highest BCUT2D eigenvalue weighted by Gasteiger charge is 2.22. The summed E-state index contributed by atoms with van der Waals surface area (Å²) >= 11 is 0. The Morgan fingerprint density at radius 1 is 1.27 bits per heavy atom. The summed E-state index contributed by atoms with van der Waals surface area (Å²) in [6, 6.07) is 4.07. The third-order valence-electron chi connectivity index (χ3n) is 4.57. The van der Waals surface area contributed by atoms with Crippen LogP contribution in [0.1, 0.15) is 46.6 Å². The molecule has 8 nitrogen and oxygen atoms in total. The molecule has 0 aromatic carbocycles. The lowest BCUT2D eigenvalue weighted by Crippen LogP contribution is -2.45. The molecule has 0 fully saturated rings. The molecule has 0 aliphatic rings. The van der Waals surface area contributed by atoms with Crippen molar-refractivity contribution < 1.29 is 9.53 Å². The number of nitrogens with zero attached hydrogens (tertiary/aromatic N) is 4.